The molecule has 0 radical (unpaired) electrons. The summed E-state index contributed by atoms with van der Waals surface area (Å²) < 4.78 is 2.34. The van der Waals surface area contributed by atoms with Crippen LogP contribution in [-0.4, -0.2) is 33.7 Å². The molecule has 2 aromatic carbocycles. The van der Waals surface area contributed by atoms with Crippen molar-refractivity contribution in [2.24, 2.45) is 0 Å². The second-order valence-electron chi connectivity index (χ2n) is 3.69. The average molecular weight is 482 g/mol. The van der Waals surface area contributed by atoms with Crippen LogP contribution in [0.1, 0.15) is 0 Å². The number of hydrogen-bond acceptors (Lipinski definition) is 2. The van der Waals surface area contributed by atoms with Crippen molar-refractivity contribution in [2.75, 3.05) is 11.5 Å². The first-order valence-corrected chi connectivity index (χ1v) is 7.30. The molecule has 0 amide bonds. The molecule has 0 saturated heterocycles. The maximum absolute atomic E-state index is 5.82. The Balaban J connectivity index is -0.000000722. The standard InChI is InChI=1S/C12H14As2N2.4ClH/c13-9-5-7(1-3-11(9)15)8-2-4-12(16)10(14)6-8;;;;/h1-6H,13-16H2;4*1H. The van der Waals surface area contributed by atoms with E-state index >= 15 is 0 Å². The Morgan fingerprint density at radius 3 is 1.15 bits per heavy atom. The summed E-state index contributed by atoms with van der Waals surface area (Å²) in [5.74, 6) is 0. The Bertz CT molecular complexity index is 503. The molecule has 0 aliphatic heterocycles. The van der Waals surface area contributed by atoms with Crippen LogP contribution in [0, 0.1) is 0 Å². The van der Waals surface area contributed by atoms with Crippen LogP contribution in [0.3, 0.4) is 0 Å². The number of benzene rings is 2. The summed E-state index contributed by atoms with van der Waals surface area (Å²) >= 11 is 3.10. The van der Waals surface area contributed by atoms with E-state index in [0.717, 1.165) is 11.4 Å². The predicted octanol–water partition coefficient (Wildman–Crippen LogP) is 0.722. The molecule has 8 heteroatoms. The third-order valence-corrected chi connectivity index (χ3v) is 4.60. The van der Waals surface area contributed by atoms with E-state index in [1.54, 1.807) is 33.7 Å². The molecule has 0 fully saturated rings. The molecule has 2 nitrogen and oxygen atoms in total. The van der Waals surface area contributed by atoms with E-state index in [0.29, 0.717) is 0 Å². The van der Waals surface area contributed by atoms with Crippen LogP contribution >= 0.6 is 49.6 Å². The first kappa shape index (κ1) is 25.3. The molecule has 2 unspecified atom stereocenters. The van der Waals surface area contributed by atoms with E-state index in [-0.39, 0.29) is 49.6 Å². The Morgan fingerprint density at radius 1 is 0.600 bits per heavy atom. The van der Waals surface area contributed by atoms with Crippen LogP contribution < -0.4 is 20.2 Å². The van der Waals surface area contributed by atoms with Crippen LogP contribution in [-0.2, 0) is 0 Å². The Labute approximate surface area is 161 Å². The molecule has 0 aliphatic rings. The summed E-state index contributed by atoms with van der Waals surface area (Å²) in [5.41, 5.74) is 15.8. The number of halogens is 4. The number of rotatable bonds is 1. The van der Waals surface area contributed by atoms with Gasteiger partial charge in [-0.15, -0.1) is 49.6 Å². The van der Waals surface area contributed by atoms with Crippen LogP contribution in [0.5, 0.6) is 0 Å². The number of anilines is 2. The van der Waals surface area contributed by atoms with Crippen molar-refractivity contribution in [2.45, 2.75) is 0 Å². The predicted molar refractivity (Wildman–Crippen MR) is 106 cm³/mol. The Morgan fingerprint density at radius 2 is 0.900 bits per heavy atom. The van der Waals surface area contributed by atoms with Crippen molar-refractivity contribution in [3.63, 3.8) is 0 Å². The molecule has 4 N–H and O–H groups in total. The number of hydrogen-bond donors (Lipinski definition) is 2. The maximum atomic E-state index is 5.82. The summed E-state index contributed by atoms with van der Waals surface area (Å²) in [4.78, 5) is 0. The third kappa shape index (κ3) is 5.98. The van der Waals surface area contributed by atoms with Crippen LogP contribution in [0.25, 0.3) is 11.1 Å². The van der Waals surface area contributed by atoms with Gasteiger partial charge in [-0.25, -0.2) is 0 Å². The summed E-state index contributed by atoms with van der Waals surface area (Å²) in [7, 11) is 0. The van der Waals surface area contributed by atoms with E-state index in [1.165, 1.54) is 19.8 Å². The van der Waals surface area contributed by atoms with Crippen molar-refractivity contribution >= 4 is 103 Å². The normalized spacial score (nSPS) is 8.30. The van der Waals surface area contributed by atoms with E-state index in [9.17, 15) is 0 Å². The topological polar surface area (TPSA) is 52.0 Å². The van der Waals surface area contributed by atoms with Crippen molar-refractivity contribution in [1.29, 1.82) is 0 Å². The minimum absolute atomic E-state index is 0. The fourth-order valence-electron chi connectivity index (χ4n) is 1.51. The van der Waals surface area contributed by atoms with Crippen LogP contribution in [0.4, 0.5) is 11.4 Å². The molecular formula is C12H18As2Cl4N2. The summed E-state index contributed by atoms with van der Waals surface area (Å²) in [6.45, 7) is 0. The van der Waals surface area contributed by atoms with Gasteiger partial charge >= 0.3 is 113 Å². The van der Waals surface area contributed by atoms with Gasteiger partial charge < -0.3 is 0 Å². The zero-order chi connectivity index (χ0) is 11.7. The molecule has 0 saturated carbocycles. The van der Waals surface area contributed by atoms with Crippen molar-refractivity contribution in [3.8, 4) is 11.1 Å². The number of nitrogens with two attached hydrogens (primary N) is 2. The van der Waals surface area contributed by atoms with E-state index in [1.807, 2.05) is 12.1 Å². The van der Waals surface area contributed by atoms with Gasteiger partial charge in [-0.3, -0.25) is 0 Å². The zero-order valence-corrected chi connectivity index (χ0v) is 18.5. The molecular weight excluding hydrogens is 464 g/mol. The van der Waals surface area contributed by atoms with Gasteiger partial charge in [-0.1, -0.05) is 0 Å². The molecule has 2 aromatic rings. The molecule has 2 atom stereocenters. The van der Waals surface area contributed by atoms with Gasteiger partial charge in [0.25, 0.3) is 0 Å². The van der Waals surface area contributed by atoms with Crippen LogP contribution in [0.15, 0.2) is 36.4 Å². The van der Waals surface area contributed by atoms with Gasteiger partial charge in [0.1, 0.15) is 0 Å². The Kier molecular flexibility index (Phi) is 13.9. The van der Waals surface area contributed by atoms with Crippen LogP contribution in [0.2, 0.25) is 0 Å². The fourth-order valence-corrected chi connectivity index (χ4v) is 2.67. The van der Waals surface area contributed by atoms with Gasteiger partial charge in [-0.05, 0) is 0 Å². The van der Waals surface area contributed by atoms with Gasteiger partial charge in [0.05, 0.1) is 0 Å². The number of nitrogen functional groups attached to an aromatic ring is 2. The average Bonchev–Trinajstić information content (AvgIpc) is 2.26. The molecule has 114 valence electrons. The molecule has 2 rings (SSSR count). The molecule has 20 heavy (non-hydrogen) atoms. The van der Waals surface area contributed by atoms with Crippen molar-refractivity contribution in [1.82, 2.24) is 0 Å². The van der Waals surface area contributed by atoms with Gasteiger partial charge in [0.2, 0.25) is 0 Å². The molecule has 0 aromatic heterocycles. The van der Waals surface area contributed by atoms with Gasteiger partial charge in [-0.2, -0.15) is 0 Å². The molecule has 0 spiro atoms. The van der Waals surface area contributed by atoms with Crippen molar-refractivity contribution < 1.29 is 0 Å². The monoisotopic (exact) mass is 480 g/mol. The summed E-state index contributed by atoms with van der Waals surface area (Å²) in [6, 6.07) is 12.3. The van der Waals surface area contributed by atoms with Crippen molar-refractivity contribution in [3.05, 3.63) is 36.4 Å². The fraction of sp³-hybridized carbons (Fsp3) is 0. The second kappa shape index (κ2) is 11.0. The summed E-state index contributed by atoms with van der Waals surface area (Å²) in [5, 5.41) is 0. The SMILES string of the molecule is Cl.Cl.Cl.Cl.Nc1ccc(-c2ccc(N)c([AsH2])c2)cc1[AsH2]. The quantitative estimate of drug-likeness (QED) is 0.466. The van der Waals surface area contributed by atoms with Gasteiger partial charge in [0, 0.05) is 0 Å². The molecule has 0 aliphatic carbocycles. The van der Waals surface area contributed by atoms with E-state index in [2.05, 4.69) is 24.3 Å². The first-order chi connectivity index (χ1) is 7.58. The van der Waals surface area contributed by atoms with Gasteiger partial charge in [0.15, 0.2) is 0 Å². The second-order valence-corrected chi connectivity index (χ2v) is 6.30. The Hall–Kier alpha value is 0.317. The third-order valence-electron chi connectivity index (χ3n) is 2.51. The van der Waals surface area contributed by atoms with E-state index in [4.69, 9.17) is 11.5 Å². The van der Waals surface area contributed by atoms with E-state index < -0.39 is 0 Å². The molecule has 0 bridgehead atoms. The summed E-state index contributed by atoms with van der Waals surface area (Å²) in [6.07, 6.45) is 0. The zero-order valence-electron chi connectivity index (χ0n) is 10.4. The minimum atomic E-state index is 0. The first-order valence-electron chi connectivity index (χ1n) is 4.88. The molecule has 0 heterocycles.